The first kappa shape index (κ1) is 12.1. The lowest BCUT2D eigenvalue weighted by Crippen LogP contribution is -2.11. The summed E-state index contributed by atoms with van der Waals surface area (Å²) in [6, 6.07) is 5.86. The summed E-state index contributed by atoms with van der Waals surface area (Å²) in [6.45, 7) is 7.18. The first-order valence-corrected chi connectivity index (χ1v) is 5.47. The van der Waals surface area contributed by atoms with E-state index in [0.717, 1.165) is 18.4 Å². The lowest BCUT2D eigenvalue weighted by Gasteiger charge is -2.20. The third kappa shape index (κ3) is 3.24. The molecule has 0 fully saturated rings. The number of aromatic hydroxyl groups is 1. The largest absolute Gasteiger partial charge is 0.508 e. The van der Waals surface area contributed by atoms with E-state index in [1.165, 1.54) is 5.56 Å². The average Bonchev–Trinajstić information content (AvgIpc) is 2.15. The lowest BCUT2D eigenvalue weighted by molar-refractivity contribution is 0.465. The second-order valence-electron chi connectivity index (χ2n) is 4.99. The Morgan fingerprint density at radius 3 is 2.47 bits per heavy atom. The van der Waals surface area contributed by atoms with Crippen molar-refractivity contribution in [3.05, 3.63) is 29.3 Å². The van der Waals surface area contributed by atoms with Crippen molar-refractivity contribution >= 4 is 0 Å². The topological polar surface area (TPSA) is 46.2 Å². The van der Waals surface area contributed by atoms with Crippen molar-refractivity contribution in [3.63, 3.8) is 0 Å². The number of nitrogens with two attached hydrogens (primary N) is 1. The van der Waals surface area contributed by atoms with Gasteiger partial charge in [-0.3, -0.25) is 0 Å². The monoisotopic (exact) mass is 207 g/mol. The van der Waals surface area contributed by atoms with Crippen molar-refractivity contribution < 1.29 is 5.11 Å². The van der Waals surface area contributed by atoms with Gasteiger partial charge >= 0.3 is 0 Å². The number of hydrogen-bond acceptors (Lipinski definition) is 2. The van der Waals surface area contributed by atoms with E-state index >= 15 is 0 Å². The van der Waals surface area contributed by atoms with Crippen molar-refractivity contribution in [2.75, 3.05) is 6.54 Å². The molecule has 0 radical (unpaired) electrons. The Balaban J connectivity index is 2.95. The molecule has 1 rings (SSSR count). The first-order chi connectivity index (χ1) is 6.95. The molecule has 0 atom stereocenters. The molecule has 3 N–H and O–H groups in total. The summed E-state index contributed by atoms with van der Waals surface area (Å²) >= 11 is 0. The van der Waals surface area contributed by atoms with Gasteiger partial charge in [-0.1, -0.05) is 32.9 Å². The van der Waals surface area contributed by atoms with Crippen molar-refractivity contribution in [3.8, 4) is 5.75 Å². The maximum Gasteiger partial charge on any atom is 0.118 e. The molecule has 2 nitrogen and oxygen atoms in total. The van der Waals surface area contributed by atoms with Crippen LogP contribution in [0, 0.1) is 0 Å². The highest BCUT2D eigenvalue weighted by molar-refractivity contribution is 5.38. The third-order valence-electron chi connectivity index (χ3n) is 2.60. The minimum absolute atomic E-state index is 0.130. The molecular formula is C13H21NO. The van der Waals surface area contributed by atoms with E-state index in [1.807, 2.05) is 6.07 Å². The quantitative estimate of drug-likeness (QED) is 0.800. The Kier molecular flexibility index (Phi) is 3.75. The van der Waals surface area contributed by atoms with Crippen LogP contribution in [0.25, 0.3) is 0 Å². The van der Waals surface area contributed by atoms with Gasteiger partial charge in [-0.2, -0.15) is 0 Å². The Morgan fingerprint density at radius 2 is 1.93 bits per heavy atom. The summed E-state index contributed by atoms with van der Waals surface area (Å²) in [4.78, 5) is 0. The summed E-state index contributed by atoms with van der Waals surface area (Å²) < 4.78 is 0. The zero-order valence-corrected chi connectivity index (χ0v) is 9.88. The summed E-state index contributed by atoms with van der Waals surface area (Å²) in [5.41, 5.74) is 7.86. The van der Waals surface area contributed by atoms with E-state index in [2.05, 4.69) is 26.8 Å². The van der Waals surface area contributed by atoms with Crippen LogP contribution in [0.1, 0.15) is 38.3 Å². The van der Waals surface area contributed by atoms with Crippen LogP contribution in [0.3, 0.4) is 0 Å². The molecule has 0 aliphatic rings. The van der Waals surface area contributed by atoms with Gasteiger partial charge in [0, 0.05) is 0 Å². The molecule has 1 aromatic rings. The highest BCUT2D eigenvalue weighted by Gasteiger charge is 2.14. The zero-order valence-electron chi connectivity index (χ0n) is 9.88. The molecule has 0 saturated carbocycles. The van der Waals surface area contributed by atoms with Gasteiger partial charge in [0.1, 0.15) is 5.75 Å². The standard InChI is InChI=1S/C13H21NO/c1-13(2,3)11-6-7-12(15)10(9-11)5-4-8-14/h6-7,9,15H,4-5,8,14H2,1-3H3. The minimum atomic E-state index is 0.130. The molecule has 2 heteroatoms. The van der Waals surface area contributed by atoms with E-state index in [0.29, 0.717) is 12.3 Å². The molecule has 0 aromatic heterocycles. The second-order valence-corrected chi connectivity index (χ2v) is 4.99. The molecule has 0 aliphatic carbocycles. The van der Waals surface area contributed by atoms with Gasteiger partial charge in [-0.25, -0.2) is 0 Å². The van der Waals surface area contributed by atoms with Crippen molar-refractivity contribution in [2.24, 2.45) is 5.73 Å². The number of phenolic OH excluding ortho intramolecular Hbond substituents is 1. The zero-order chi connectivity index (χ0) is 11.5. The van der Waals surface area contributed by atoms with Crippen LogP contribution in [-0.4, -0.2) is 11.7 Å². The first-order valence-electron chi connectivity index (χ1n) is 5.47. The van der Waals surface area contributed by atoms with Gasteiger partial charge in [0.05, 0.1) is 0 Å². The minimum Gasteiger partial charge on any atom is -0.508 e. The SMILES string of the molecule is CC(C)(C)c1ccc(O)c(CCCN)c1. The van der Waals surface area contributed by atoms with Gasteiger partial charge in [0.2, 0.25) is 0 Å². The Hall–Kier alpha value is -1.02. The normalized spacial score (nSPS) is 11.7. The van der Waals surface area contributed by atoms with Crippen LogP contribution in [0.15, 0.2) is 18.2 Å². The van der Waals surface area contributed by atoms with Gasteiger partial charge in [-0.05, 0) is 42.0 Å². The van der Waals surface area contributed by atoms with Crippen LogP contribution >= 0.6 is 0 Å². The number of benzene rings is 1. The maximum atomic E-state index is 9.69. The molecule has 1 aromatic carbocycles. The van der Waals surface area contributed by atoms with Crippen molar-refractivity contribution in [1.29, 1.82) is 0 Å². The van der Waals surface area contributed by atoms with E-state index < -0.39 is 0 Å². The predicted molar refractivity (Wildman–Crippen MR) is 64.2 cm³/mol. The summed E-state index contributed by atoms with van der Waals surface area (Å²) in [6.07, 6.45) is 1.77. The molecule has 0 heterocycles. The fourth-order valence-electron chi connectivity index (χ4n) is 1.54. The number of phenols is 1. The molecular weight excluding hydrogens is 186 g/mol. The van der Waals surface area contributed by atoms with Crippen LogP contribution < -0.4 is 5.73 Å². The lowest BCUT2D eigenvalue weighted by atomic mass is 9.85. The van der Waals surface area contributed by atoms with E-state index in [4.69, 9.17) is 5.73 Å². The molecule has 15 heavy (non-hydrogen) atoms. The van der Waals surface area contributed by atoms with Crippen LogP contribution in [-0.2, 0) is 11.8 Å². The van der Waals surface area contributed by atoms with Gasteiger partial charge in [0.15, 0.2) is 0 Å². The number of hydrogen-bond donors (Lipinski definition) is 2. The summed E-state index contributed by atoms with van der Waals surface area (Å²) in [7, 11) is 0. The van der Waals surface area contributed by atoms with E-state index in [-0.39, 0.29) is 5.41 Å². The Labute approximate surface area is 92.1 Å². The summed E-state index contributed by atoms with van der Waals surface area (Å²) in [5, 5.41) is 9.69. The molecule has 0 bridgehead atoms. The van der Waals surface area contributed by atoms with Crippen molar-refractivity contribution in [1.82, 2.24) is 0 Å². The van der Waals surface area contributed by atoms with Crippen LogP contribution in [0.5, 0.6) is 5.75 Å². The van der Waals surface area contributed by atoms with E-state index in [9.17, 15) is 5.11 Å². The average molecular weight is 207 g/mol. The maximum absolute atomic E-state index is 9.69. The Morgan fingerprint density at radius 1 is 1.27 bits per heavy atom. The van der Waals surface area contributed by atoms with E-state index in [1.54, 1.807) is 6.07 Å². The van der Waals surface area contributed by atoms with Crippen LogP contribution in [0.2, 0.25) is 0 Å². The second kappa shape index (κ2) is 4.67. The molecule has 0 spiro atoms. The van der Waals surface area contributed by atoms with Crippen molar-refractivity contribution in [2.45, 2.75) is 39.0 Å². The predicted octanol–water partition coefficient (Wildman–Crippen LogP) is 2.58. The fraction of sp³-hybridized carbons (Fsp3) is 0.538. The molecule has 0 aliphatic heterocycles. The third-order valence-corrected chi connectivity index (χ3v) is 2.60. The fourth-order valence-corrected chi connectivity index (χ4v) is 1.54. The molecule has 0 amide bonds. The van der Waals surface area contributed by atoms with Crippen LogP contribution in [0.4, 0.5) is 0 Å². The summed E-state index contributed by atoms with van der Waals surface area (Å²) in [5.74, 6) is 0.386. The van der Waals surface area contributed by atoms with Gasteiger partial charge in [-0.15, -0.1) is 0 Å². The number of rotatable bonds is 3. The Bertz CT molecular complexity index is 326. The highest BCUT2D eigenvalue weighted by Crippen LogP contribution is 2.27. The van der Waals surface area contributed by atoms with Gasteiger partial charge in [0.25, 0.3) is 0 Å². The highest BCUT2D eigenvalue weighted by atomic mass is 16.3. The smallest absolute Gasteiger partial charge is 0.118 e. The molecule has 0 saturated heterocycles. The molecule has 84 valence electrons. The number of aryl methyl sites for hydroxylation is 1. The van der Waals surface area contributed by atoms with Gasteiger partial charge < -0.3 is 10.8 Å². The molecule has 0 unspecified atom stereocenters.